The Morgan fingerprint density at radius 1 is 1.50 bits per heavy atom. The van der Waals surface area contributed by atoms with Crippen molar-refractivity contribution in [3.8, 4) is 0 Å². The number of ether oxygens (including phenoxy) is 1. The number of amides is 1. The van der Waals surface area contributed by atoms with Gasteiger partial charge in [0.05, 0.1) is 6.10 Å². The number of carbonyl (C=O) groups is 2. The highest BCUT2D eigenvalue weighted by Gasteiger charge is 2.66. The number of rotatable bonds is 4. The molecular weight excluding hydrogens is 210 g/mol. The van der Waals surface area contributed by atoms with Gasteiger partial charge >= 0.3 is 5.97 Å². The zero-order valence-corrected chi connectivity index (χ0v) is 10.2. The smallest absolute Gasteiger partial charge is 0.330 e. The molecule has 92 valence electrons. The van der Waals surface area contributed by atoms with E-state index >= 15 is 0 Å². The van der Waals surface area contributed by atoms with Crippen LogP contribution in [0.15, 0.2) is 0 Å². The lowest BCUT2D eigenvalue weighted by Gasteiger charge is -2.58. The molecule has 0 radical (unpaired) electrons. The van der Waals surface area contributed by atoms with E-state index in [1.54, 1.807) is 13.8 Å². The molecule has 1 aliphatic carbocycles. The van der Waals surface area contributed by atoms with Crippen molar-refractivity contribution in [3.05, 3.63) is 0 Å². The summed E-state index contributed by atoms with van der Waals surface area (Å²) < 4.78 is 5.47. The van der Waals surface area contributed by atoms with E-state index in [1.807, 2.05) is 6.92 Å². The standard InChI is InChI=1S/C11H19NO4/c1-5-16-8-6-11(9(14)15,10(8,3)4)12-7(2)13/h8H,5-6H2,1-4H3,(H,12,13)(H,14,15)/t8-,11-/m1/s1. The molecule has 0 aromatic rings. The fourth-order valence-corrected chi connectivity index (χ4v) is 2.34. The van der Waals surface area contributed by atoms with E-state index < -0.39 is 16.9 Å². The van der Waals surface area contributed by atoms with Gasteiger partial charge in [-0.15, -0.1) is 0 Å². The Kier molecular flexibility index (Phi) is 3.28. The van der Waals surface area contributed by atoms with E-state index in [2.05, 4.69) is 5.32 Å². The largest absolute Gasteiger partial charge is 0.479 e. The number of hydrogen-bond donors (Lipinski definition) is 2. The van der Waals surface area contributed by atoms with Gasteiger partial charge in [0.2, 0.25) is 5.91 Å². The summed E-state index contributed by atoms with van der Waals surface area (Å²) in [6.45, 7) is 7.36. The number of aliphatic carboxylic acids is 1. The summed E-state index contributed by atoms with van der Waals surface area (Å²) in [5, 5.41) is 11.8. The minimum absolute atomic E-state index is 0.125. The highest BCUT2D eigenvalue weighted by molar-refractivity contribution is 5.88. The lowest BCUT2D eigenvalue weighted by Crippen LogP contribution is -2.75. The van der Waals surface area contributed by atoms with Gasteiger partial charge in [0.15, 0.2) is 0 Å². The van der Waals surface area contributed by atoms with Gasteiger partial charge in [-0.25, -0.2) is 4.79 Å². The summed E-state index contributed by atoms with van der Waals surface area (Å²) in [7, 11) is 0. The van der Waals surface area contributed by atoms with Gasteiger partial charge in [0.25, 0.3) is 0 Å². The van der Waals surface area contributed by atoms with Crippen LogP contribution in [-0.2, 0) is 14.3 Å². The zero-order valence-electron chi connectivity index (χ0n) is 10.2. The van der Waals surface area contributed by atoms with Gasteiger partial charge in [-0.3, -0.25) is 4.79 Å². The molecule has 16 heavy (non-hydrogen) atoms. The molecule has 0 aromatic heterocycles. The maximum Gasteiger partial charge on any atom is 0.330 e. The predicted molar refractivity (Wildman–Crippen MR) is 58.0 cm³/mol. The molecule has 0 unspecified atom stereocenters. The van der Waals surface area contributed by atoms with Crippen LogP contribution in [0.5, 0.6) is 0 Å². The molecule has 0 saturated heterocycles. The normalized spacial score (nSPS) is 31.6. The first-order chi connectivity index (χ1) is 7.28. The molecule has 1 aliphatic rings. The topological polar surface area (TPSA) is 75.6 Å². The third-order valence-electron chi connectivity index (χ3n) is 3.52. The van der Waals surface area contributed by atoms with Gasteiger partial charge in [-0.1, -0.05) is 13.8 Å². The van der Waals surface area contributed by atoms with Crippen LogP contribution < -0.4 is 5.32 Å². The van der Waals surface area contributed by atoms with Crippen molar-refractivity contribution in [2.24, 2.45) is 5.41 Å². The summed E-state index contributed by atoms with van der Waals surface area (Å²) in [6.07, 6.45) is 0.198. The van der Waals surface area contributed by atoms with Crippen LogP contribution >= 0.6 is 0 Å². The SMILES string of the molecule is CCO[C@@H]1C[C@@](NC(C)=O)(C(=O)O)C1(C)C. The van der Waals surface area contributed by atoms with E-state index in [0.29, 0.717) is 13.0 Å². The van der Waals surface area contributed by atoms with Gasteiger partial charge in [0.1, 0.15) is 5.54 Å². The van der Waals surface area contributed by atoms with Crippen LogP contribution in [0.2, 0.25) is 0 Å². The third kappa shape index (κ3) is 1.69. The first kappa shape index (κ1) is 13.0. The highest BCUT2D eigenvalue weighted by atomic mass is 16.5. The minimum Gasteiger partial charge on any atom is -0.479 e. The molecule has 0 aliphatic heterocycles. The number of carboxylic acids is 1. The quantitative estimate of drug-likeness (QED) is 0.747. The molecule has 0 spiro atoms. The third-order valence-corrected chi connectivity index (χ3v) is 3.52. The van der Waals surface area contributed by atoms with Crippen molar-refractivity contribution >= 4 is 11.9 Å². The van der Waals surface area contributed by atoms with Crippen molar-refractivity contribution in [2.75, 3.05) is 6.61 Å². The maximum absolute atomic E-state index is 11.3. The van der Waals surface area contributed by atoms with Crippen LogP contribution in [0, 0.1) is 5.41 Å². The predicted octanol–water partition coefficient (Wildman–Crippen LogP) is 0.781. The van der Waals surface area contributed by atoms with Crippen molar-refractivity contribution < 1.29 is 19.4 Å². The van der Waals surface area contributed by atoms with Crippen molar-refractivity contribution in [3.63, 3.8) is 0 Å². The molecule has 1 saturated carbocycles. The average Bonchev–Trinajstić information content (AvgIpc) is 2.14. The fourth-order valence-electron chi connectivity index (χ4n) is 2.34. The molecule has 5 nitrogen and oxygen atoms in total. The molecule has 0 aromatic carbocycles. The summed E-state index contributed by atoms with van der Waals surface area (Å²) in [5.74, 6) is -1.32. The highest BCUT2D eigenvalue weighted by Crippen LogP contribution is 2.51. The van der Waals surface area contributed by atoms with E-state index in [1.165, 1.54) is 6.92 Å². The Morgan fingerprint density at radius 2 is 2.06 bits per heavy atom. The number of hydrogen-bond acceptors (Lipinski definition) is 3. The Bertz CT molecular complexity index is 313. The summed E-state index contributed by atoms with van der Waals surface area (Å²) in [5.41, 5.74) is -1.79. The molecule has 1 amide bonds. The molecule has 2 N–H and O–H groups in total. The van der Waals surface area contributed by atoms with E-state index in [4.69, 9.17) is 4.74 Å². The number of carbonyl (C=O) groups excluding carboxylic acids is 1. The van der Waals surface area contributed by atoms with Gasteiger partial charge in [0, 0.05) is 25.4 Å². The second-order valence-corrected chi connectivity index (χ2v) is 4.76. The lowest BCUT2D eigenvalue weighted by molar-refractivity contribution is -0.194. The Morgan fingerprint density at radius 3 is 2.38 bits per heavy atom. The van der Waals surface area contributed by atoms with E-state index in [9.17, 15) is 14.7 Å². The monoisotopic (exact) mass is 229 g/mol. The van der Waals surface area contributed by atoms with Gasteiger partial charge in [-0.2, -0.15) is 0 Å². The second kappa shape index (κ2) is 4.05. The van der Waals surface area contributed by atoms with Crippen LogP contribution in [-0.4, -0.2) is 35.2 Å². The summed E-state index contributed by atoms with van der Waals surface area (Å²) >= 11 is 0. The molecule has 2 atom stereocenters. The number of carboxylic acid groups (broad SMARTS) is 1. The lowest BCUT2D eigenvalue weighted by atomic mass is 9.54. The van der Waals surface area contributed by atoms with Crippen molar-refractivity contribution in [1.29, 1.82) is 0 Å². The van der Waals surface area contributed by atoms with Crippen LogP contribution in [0.25, 0.3) is 0 Å². The van der Waals surface area contributed by atoms with Gasteiger partial charge in [-0.05, 0) is 6.92 Å². The number of nitrogens with one attached hydrogen (secondary N) is 1. The average molecular weight is 229 g/mol. The molecule has 0 heterocycles. The Hall–Kier alpha value is -1.10. The van der Waals surface area contributed by atoms with E-state index in [0.717, 1.165) is 0 Å². The molecule has 5 heteroatoms. The van der Waals surface area contributed by atoms with E-state index in [-0.39, 0.29) is 12.0 Å². The molecular formula is C11H19NO4. The first-order valence-electron chi connectivity index (χ1n) is 5.41. The van der Waals surface area contributed by atoms with Crippen molar-refractivity contribution in [2.45, 2.75) is 45.8 Å². The molecule has 0 bridgehead atoms. The molecule has 1 fully saturated rings. The minimum atomic E-state index is -1.20. The first-order valence-corrected chi connectivity index (χ1v) is 5.41. The van der Waals surface area contributed by atoms with Crippen LogP contribution in [0.1, 0.15) is 34.1 Å². The van der Waals surface area contributed by atoms with Crippen LogP contribution in [0.3, 0.4) is 0 Å². The van der Waals surface area contributed by atoms with Crippen molar-refractivity contribution in [1.82, 2.24) is 5.32 Å². The molecule has 1 rings (SSSR count). The Labute approximate surface area is 95.2 Å². The van der Waals surface area contributed by atoms with Crippen LogP contribution in [0.4, 0.5) is 0 Å². The summed E-state index contributed by atoms with van der Waals surface area (Å²) in [4.78, 5) is 22.4. The zero-order chi connectivity index (χ0) is 12.6. The second-order valence-electron chi connectivity index (χ2n) is 4.76. The van der Waals surface area contributed by atoms with Gasteiger partial charge < -0.3 is 15.2 Å². The maximum atomic E-state index is 11.3. The fraction of sp³-hybridized carbons (Fsp3) is 0.818. The Balaban J connectivity index is 2.91. The summed E-state index contributed by atoms with van der Waals surface area (Å²) in [6, 6.07) is 0.